The number of carbonyl (C=O) groups excluding carboxylic acids is 2. The van der Waals surface area contributed by atoms with Crippen LogP contribution in [0.25, 0.3) is 21.7 Å². The number of azide groups is 1. The van der Waals surface area contributed by atoms with E-state index >= 15 is 0 Å². The fourth-order valence-electron chi connectivity index (χ4n) is 5.10. The van der Waals surface area contributed by atoms with E-state index in [0.29, 0.717) is 29.0 Å². The van der Waals surface area contributed by atoms with Crippen LogP contribution in [0.3, 0.4) is 0 Å². The number of amides is 2. The van der Waals surface area contributed by atoms with Crippen molar-refractivity contribution in [2.24, 2.45) is 11.0 Å². The zero-order chi connectivity index (χ0) is 28.9. The predicted octanol–water partition coefficient (Wildman–Crippen LogP) is 6.22. The van der Waals surface area contributed by atoms with Gasteiger partial charge in [-0.1, -0.05) is 43.0 Å². The molecule has 40 heavy (non-hydrogen) atoms. The minimum Gasteiger partial charge on any atom is -0.444 e. The quantitative estimate of drug-likeness (QED) is 0.213. The van der Waals surface area contributed by atoms with E-state index in [1.54, 1.807) is 63.4 Å². The molecule has 0 radical (unpaired) electrons. The number of nitrogens with zero attached hydrogens (tertiary/aromatic N) is 6. The van der Waals surface area contributed by atoms with Gasteiger partial charge in [-0.25, -0.2) is 4.79 Å². The fourth-order valence-corrected chi connectivity index (χ4v) is 5.29. The Hall–Kier alpha value is -4.21. The molecule has 12 heteroatoms. The molecule has 0 bridgehead atoms. The highest BCUT2D eigenvalue weighted by atomic mass is 35.5. The Labute approximate surface area is 236 Å². The number of benzene rings is 1. The Balaban J connectivity index is 2.11. The Morgan fingerprint density at radius 3 is 2.52 bits per heavy atom. The van der Waals surface area contributed by atoms with E-state index < -0.39 is 34.4 Å². The lowest BCUT2D eigenvalue weighted by molar-refractivity contribution is 0.0281. The van der Waals surface area contributed by atoms with Gasteiger partial charge < -0.3 is 4.74 Å². The van der Waals surface area contributed by atoms with Crippen LogP contribution in [0.5, 0.6) is 0 Å². The molecule has 1 saturated carbocycles. The molecular weight excluding hydrogens is 534 g/mol. The maximum Gasteiger partial charge on any atom is 0.409 e. The summed E-state index contributed by atoms with van der Waals surface area (Å²) < 4.78 is 6.77. The van der Waals surface area contributed by atoms with Crippen LogP contribution in [-0.4, -0.2) is 32.4 Å². The number of pyridine rings is 1. The second kappa shape index (κ2) is 11.9. The molecule has 0 aliphatic heterocycles. The third-order valence-corrected chi connectivity index (χ3v) is 6.96. The van der Waals surface area contributed by atoms with Gasteiger partial charge >= 0.3 is 6.09 Å². The lowest BCUT2D eigenvalue weighted by Crippen LogP contribution is -2.61. The molecule has 4 rings (SSSR count). The molecule has 1 aromatic carbocycles. The van der Waals surface area contributed by atoms with Crippen molar-refractivity contribution < 1.29 is 14.3 Å². The van der Waals surface area contributed by atoms with Crippen molar-refractivity contribution in [3.63, 3.8) is 0 Å². The van der Waals surface area contributed by atoms with E-state index in [4.69, 9.17) is 27.0 Å². The molecule has 0 spiro atoms. The van der Waals surface area contributed by atoms with Gasteiger partial charge in [0.05, 0.1) is 11.3 Å². The molecule has 1 unspecified atom stereocenters. The first-order valence-electron chi connectivity index (χ1n) is 13.0. The van der Waals surface area contributed by atoms with Gasteiger partial charge in [-0.05, 0) is 74.6 Å². The number of halogens is 1. The molecule has 2 heterocycles. The Bertz CT molecular complexity index is 1510. The summed E-state index contributed by atoms with van der Waals surface area (Å²) in [5.74, 6) is -1.40. The lowest BCUT2D eigenvalue weighted by Gasteiger charge is -2.44. The minimum absolute atomic E-state index is 0.220. The summed E-state index contributed by atoms with van der Waals surface area (Å²) in [4.78, 5) is 47.2. The molecule has 1 fully saturated rings. The maximum absolute atomic E-state index is 14.1. The third kappa shape index (κ3) is 6.16. The van der Waals surface area contributed by atoms with Crippen molar-refractivity contribution in [1.82, 2.24) is 20.1 Å². The van der Waals surface area contributed by atoms with E-state index in [9.17, 15) is 14.4 Å². The average molecular weight is 564 g/mol. The summed E-state index contributed by atoms with van der Waals surface area (Å²) in [5.41, 5.74) is 6.48. The fraction of sp³-hybridized carbons (Fsp3) is 0.393. The Morgan fingerprint density at radius 2 is 1.90 bits per heavy atom. The molecule has 208 valence electrons. The summed E-state index contributed by atoms with van der Waals surface area (Å²) in [7, 11) is 0. The number of nitrogens with one attached hydrogen (secondary N) is 1. The zero-order valence-corrected chi connectivity index (χ0v) is 23.3. The highest BCUT2D eigenvalue weighted by Crippen LogP contribution is 2.41. The van der Waals surface area contributed by atoms with Crippen LogP contribution in [0.1, 0.15) is 68.8 Å². The highest BCUT2D eigenvalue weighted by Gasteiger charge is 2.47. The first-order chi connectivity index (χ1) is 19.0. The number of alkyl carbamates (subject to hydrolysis) is 1. The molecule has 2 aromatic heterocycles. The largest absolute Gasteiger partial charge is 0.444 e. The monoisotopic (exact) mass is 563 g/mol. The van der Waals surface area contributed by atoms with Crippen LogP contribution in [0.15, 0.2) is 64.8 Å². The van der Waals surface area contributed by atoms with Gasteiger partial charge in [0.25, 0.3) is 11.5 Å². The molecule has 1 atom stereocenters. The number of hydrogen-bond donors (Lipinski definition) is 1. The minimum atomic E-state index is -1.60. The summed E-state index contributed by atoms with van der Waals surface area (Å²) in [6.07, 6.45) is 6.32. The van der Waals surface area contributed by atoms with Gasteiger partial charge in [-0.15, -0.1) is 0 Å². The van der Waals surface area contributed by atoms with E-state index in [-0.39, 0.29) is 11.6 Å². The maximum atomic E-state index is 14.1. The van der Waals surface area contributed by atoms with Gasteiger partial charge in [-0.2, -0.15) is 9.78 Å². The molecule has 1 aliphatic carbocycles. The lowest BCUT2D eigenvalue weighted by atomic mass is 9.76. The van der Waals surface area contributed by atoms with Crippen molar-refractivity contribution in [1.29, 1.82) is 0 Å². The normalized spacial score (nSPS) is 15.4. The number of aromatic nitrogens is 3. The number of carbonyl (C=O) groups is 2. The summed E-state index contributed by atoms with van der Waals surface area (Å²) in [6.45, 7) is 5.20. The van der Waals surface area contributed by atoms with Gasteiger partial charge in [0.1, 0.15) is 5.60 Å². The molecule has 1 N–H and O–H groups in total. The number of hydrogen-bond acceptors (Lipinski definition) is 6. The molecule has 1 aliphatic rings. The topological polar surface area (TPSA) is 152 Å². The van der Waals surface area contributed by atoms with Crippen LogP contribution in [0.2, 0.25) is 5.02 Å². The molecule has 11 nitrogen and oxygen atoms in total. The predicted molar refractivity (Wildman–Crippen MR) is 150 cm³/mol. The van der Waals surface area contributed by atoms with Crippen molar-refractivity contribution in [2.45, 2.75) is 64.1 Å². The van der Waals surface area contributed by atoms with Gasteiger partial charge in [0, 0.05) is 39.4 Å². The van der Waals surface area contributed by atoms with Gasteiger partial charge in [0.2, 0.25) is 0 Å². The smallest absolute Gasteiger partial charge is 0.409 e. The SMILES string of the molecule is CC(C)(C)OC(=O)NC(c1cccc(Cl)c1)(C1CCCCC1)n1nc(-c2cccnc2)cc(C(=O)N=[N+]=[N-])c1=O. The van der Waals surface area contributed by atoms with E-state index in [1.165, 1.54) is 12.3 Å². The molecule has 0 saturated heterocycles. The molecule has 2 amide bonds. The van der Waals surface area contributed by atoms with E-state index in [2.05, 4.69) is 20.3 Å². The Morgan fingerprint density at radius 1 is 1.15 bits per heavy atom. The van der Waals surface area contributed by atoms with Crippen LogP contribution in [0, 0.1) is 5.92 Å². The van der Waals surface area contributed by atoms with Crippen molar-refractivity contribution in [2.75, 3.05) is 0 Å². The van der Waals surface area contributed by atoms with E-state index in [0.717, 1.165) is 23.9 Å². The molecule has 3 aromatic rings. The zero-order valence-electron chi connectivity index (χ0n) is 22.5. The highest BCUT2D eigenvalue weighted by molar-refractivity contribution is 6.30. The summed E-state index contributed by atoms with van der Waals surface area (Å²) in [5, 5.41) is 11.3. The first-order valence-corrected chi connectivity index (χ1v) is 13.3. The average Bonchev–Trinajstić information content (AvgIpc) is 2.92. The molecular formula is C28H30ClN7O4. The van der Waals surface area contributed by atoms with Crippen LogP contribution < -0.4 is 10.9 Å². The number of ether oxygens (including phenoxy) is 1. The van der Waals surface area contributed by atoms with Crippen molar-refractivity contribution >= 4 is 23.6 Å². The standard InChI is InChI=1S/C28H30ClN7O4/c1-27(2,3)40-26(39)32-28(19-10-5-4-6-11-19,20-12-7-13-21(29)15-20)36-25(38)22(24(37)33-35-30)16-23(34-36)18-9-8-14-31-17-18/h7-9,12-17,19H,4-6,10-11H2,1-3H3,(H,32,39). The van der Waals surface area contributed by atoms with Crippen LogP contribution in [0.4, 0.5) is 4.79 Å². The van der Waals surface area contributed by atoms with Gasteiger partial charge in [-0.3, -0.25) is 19.9 Å². The second-order valence-corrected chi connectivity index (χ2v) is 11.1. The van der Waals surface area contributed by atoms with Crippen LogP contribution in [-0.2, 0) is 10.4 Å². The van der Waals surface area contributed by atoms with Crippen molar-refractivity contribution in [3.05, 3.63) is 91.8 Å². The summed E-state index contributed by atoms with van der Waals surface area (Å²) >= 11 is 6.44. The Kier molecular flexibility index (Phi) is 8.56. The third-order valence-electron chi connectivity index (χ3n) is 6.72. The number of rotatable bonds is 6. The summed E-state index contributed by atoms with van der Waals surface area (Å²) in [6, 6.07) is 11.5. The van der Waals surface area contributed by atoms with Crippen molar-refractivity contribution in [3.8, 4) is 11.3 Å². The second-order valence-electron chi connectivity index (χ2n) is 10.6. The van der Waals surface area contributed by atoms with Gasteiger partial charge in [0.15, 0.2) is 5.66 Å². The van der Waals surface area contributed by atoms with E-state index in [1.807, 2.05) is 0 Å². The first kappa shape index (κ1) is 28.8. The van der Waals surface area contributed by atoms with Crippen LogP contribution >= 0.6 is 11.6 Å².